The fraction of sp³-hybridized carbons (Fsp3) is 0.222. The molecule has 0 atom stereocenters. The molecular weight excluding hydrogens is 352 g/mol. The number of aryl methyl sites for hydroxylation is 1. The lowest BCUT2D eigenvalue weighted by Gasteiger charge is -2.06. The van der Waals surface area contributed by atoms with Gasteiger partial charge in [0.2, 0.25) is 0 Å². The third kappa shape index (κ3) is 3.70. The average Bonchev–Trinajstić information content (AvgIpc) is 3.00. The predicted molar refractivity (Wildman–Crippen MR) is 100 cm³/mol. The summed E-state index contributed by atoms with van der Waals surface area (Å²) in [5.41, 5.74) is 2.95. The third-order valence-electron chi connectivity index (χ3n) is 3.92. The van der Waals surface area contributed by atoms with Crippen molar-refractivity contribution in [2.75, 3.05) is 7.11 Å². The van der Waals surface area contributed by atoms with Gasteiger partial charge in [-0.05, 0) is 24.6 Å². The van der Waals surface area contributed by atoms with E-state index in [1.807, 2.05) is 42.8 Å². The molecule has 0 saturated heterocycles. The summed E-state index contributed by atoms with van der Waals surface area (Å²) in [5.74, 6) is 1.59. The maximum Gasteiger partial charge on any atom is 0.311 e. The van der Waals surface area contributed by atoms with Crippen molar-refractivity contribution in [1.29, 1.82) is 0 Å². The summed E-state index contributed by atoms with van der Waals surface area (Å²) in [6.45, 7) is 2.03. The summed E-state index contributed by atoms with van der Waals surface area (Å²) in [4.78, 5) is 10.7. The maximum absolute atomic E-state index is 11.1. The number of nitro groups is 1. The van der Waals surface area contributed by atoms with Crippen LogP contribution in [0.3, 0.4) is 0 Å². The number of nitro benzene ring substituents is 1. The van der Waals surface area contributed by atoms with Crippen molar-refractivity contribution in [2.24, 2.45) is 7.05 Å². The minimum atomic E-state index is -0.439. The van der Waals surface area contributed by atoms with Crippen molar-refractivity contribution >= 4 is 17.4 Å². The van der Waals surface area contributed by atoms with Crippen LogP contribution in [0.4, 0.5) is 5.69 Å². The van der Waals surface area contributed by atoms with E-state index in [0.717, 1.165) is 27.7 Å². The van der Waals surface area contributed by atoms with Crippen molar-refractivity contribution in [3.63, 3.8) is 0 Å². The Kier molecular flexibility index (Phi) is 5.22. The van der Waals surface area contributed by atoms with Crippen LogP contribution < -0.4 is 4.74 Å². The molecule has 0 saturated carbocycles. The second-order valence-electron chi connectivity index (χ2n) is 5.79. The van der Waals surface area contributed by atoms with Crippen LogP contribution in [-0.4, -0.2) is 26.8 Å². The molecule has 0 unspecified atom stereocenters. The molecule has 0 N–H and O–H groups in total. The van der Waals surface area contributed by atoms with Crippen LogP contribution in [0.15, 0.2) is 47.6 Å². The molecule has 0 amide bonds. The van der Waals surface area contributed by atoms with E-state index in [9.17, 15) is 10.1 Å². The second kappa shape index (κ2) is 7.57. The van der Waals surface area contributed by atoms with Crippen LogP contribution in [0.2, 0.25) is 0 Å². The van der Waals surface area contributed by atoms with E-state index in [1.54, 1.807) is 6.07 Å². The monoisotopic (exact) mass is 370 g/mol. The van der Waals surface area contributed by atoms with Gasteiger partial charge in [0.05, 0.1) is 12.0 Å². The topological polar surface area (TPSA) is 83.1 Å². The highest BCUT2D eigenvalue weighted by molar-refractivity contribution is 7.98. The molecule has 26 heavy (non-hydrogen) atoms. The van der Waals surface area contributed by atoms with Gasteiger partial charge in [0.1, 0.15) is 0 Å². The van der Waals surface area contributed by atoms with Gasteiger partial charge in [-0.1, -0.05) is 41.6 Å². The van der Waals surface area contributed by atoms with Crippen molar-refractivity contribution < 1.29 is 9.66 Å². The predicted octanol–water partition coefficient (Wildman–Crippen LogP) is 4.00. The Labute approximate surface area is 155 Å². The summed E-state index contributed by atoms with van der Waals surface area (Å²) >= 11 is 1.48. The van der Waals surface area contributed by atoms with Gasteiger partial charge < -0.3 is 9.30 Å². The Morgan fingerprint density at radius 1 is 1.23 bits per heavy atom. The lowest BCUT2D eigenvalue weighted by atomic mass is 10.1. The van der Waals surface area contributed by atoms with Gasteiger partial charge in [0.25, 0.3) is 0 Å². The molecule has 1 heterocycles. The fourth-order valence-corrected chi connectivity index (χ4v) is 3.45. The zero-order chi connectivity index (χ0) is 18.7. The number of ether oxygens (including phenoxy) is 1. The largest absolute Gasteiger partial charge is 0.490 e. The van der Waals surface area contributed by atoms with Crippen molar-refractivity contribution in [3.8, 4) is 17.1 Å². The molecule has 0 aliphatic rings. The number of aromatic nitrogens is 3. The highest BCUT2D eigenvalue weighted by Crippen LogP contribution is 2.31. The van der Waals surface area contributed by atoms with E-state index in [4.69, 9.17) is 4.74 Å². The maximum atomic E-state index is 11.1. The number of hydrogen-bond donors (Lipinski definition) is 0. The molecule has 0 aliphatic carbocycles. The standard InChI is InChI=1S/C18H18N4O3S/c1-12-5-4-6-14(9-12)17-19-20-18(21(17)2)26-11-13-7-8-16(25-3)15(10-13)22(23)24/h4-10H,11H2,1-3H3. The molecule has 3 rings (SSSR count). The number of nitrogens with zero attached hydrogens (tertiary/aromatic N) is 4. The number of thioether (sulfide) groups is 1. The zero-order valence-electron chi connectivity index (χ0n) is 14.7. The van der Waals surface area contributed by atoms with Gasteiger partial charge in [-0.15, -0.1) is 10.2 Å². The van der Waals surface area contributed by atoms with Crippen molar-refractivity contribution in [1.82, 2.24) is 14.8 Å². The van der Waals surface area contributed by atoms with Gasteiger partial charge >= 0.3 is 5.69 Å². The highest BCUT2D eigenvalue weighted by Gasteiger charge is 2.16. The van der Waals surface area contributed by atoms with Crippen molar-refractivity contribution in [2.45, 2.75) is 17.8 Å². The molecule has 8 heteroatoms. The molecule has 0 spiro atoms. The van der Waals surface area contributed by atoms with Gasteiger partial charge in [-0.25, -0.2) is 0 Å². The Bertz CT molecular complexity index is 955. The number of methoxy groups -OCH3 is 1. The quantitative estimate of drug-likeness (QED) is 0.370. The first-order chi connectivity index (χ1) is 12.5. The van der Waals surface area contributed by atoms with Gasteiger partial charge in [-0.2, -0.15) is 0 Å². The van der Waals surface area contributed by atoms with E-state index in [-0.39, 0.29) is 11.4 Å². The lowest BCUT2D eigenvalue weighted by Crippen LogP contribution is -1.97. The van der Waals surface area contributed by atoms with E-state index >= 15 is 0 Å². The lowest BCUT2D eigenvalue weighted by molar-refractivity contribution is -0.385. The van der Waals surface area contributed by atoms with Crippen molar-refractivity contribution in [3.05, 3.63) is 63.7 Å². The molecule has 2 aromatic carbocycles. The third-order valence-corrected chi connectivity index (χ3v) is 5.01. The molecule has 0 aliphatic heterocycles. The van der Waals surface area contributed by atoms with E-state index in [0.29, 0.717) is 5.75 Å². The fourth-order valence-electron chi connectivity index (χ4n) is 2.59. The first kappa shape index (κ1) is 17.9. The van der Waals surface area contributed by atoms with Crippen LogP contribution in [0.5, 0.6) is 5.75 Å². The van der Waals surface area contributed by atoms with Crippen LogP contribution in [0.1, 0.15) is 11.1 Å². The Balaban J connectivity index is 1.79. The van der Waals surface area contributed by atoms with Crippen LogP contribution >= 0.6 is 11.8 Å². The minimum absolute atomic E-state index is 0.0379. The van der Waals surface area contributed by atoms with Gasteiger partial charge in [0, 0.05) is 24.4 Å². The molecular formula is C18H18N4O3S. The van der Waals surface area contributed by atoms with E-state index in [1.165, 1.54) is 24.9 Å². The Morgan fingerprint density at radius 3 is 2.73 bits per heavy atom. The molecule has 7 nitrogen and oxygen atoms in total. The number of hydrogen-bond acceptors (Lipinski definition) is 6. The summed E-state index contributed by atoms with van der Waals surface area (Å²) in [6, 6.07) is 13.0. The average molecular weight is 370 g/mol. The molecule has 1 aromatic heterocycles. The number of rotatable bonds is 6. The second-order valence-corrected chi connectivity index (χ2v) is 6.73. The zero-order valence-corrected chi connectivity index (χ0v) is 15.5. The first-order valence-electron chi connectivity index (χ1n) is 7.90. The van der Waals surface area contributed by atoms with Crippen LogP contribution in [-0.2, 0) is 12.8 Å². The van der Waals surface area contributed by atoms with Crippen LogP contribution in [0, 0.1) is 17.0 Å². The molecule has 0 bridgehead atoms. The highest BCUT2D eigenvalue weighted by atomic mass is 32.2. The van der Waals surface area contributed by atoms with Crippen LogP contribution in [0.25, 0.3) is 11.4 Å². The summed E-state index contributed by atoms with van der Waals surface area (Å²) < 4.78 is 6.96. The molecule has 0 fully saturated rings. The summed E-state index contributed by atoms with van der Waals surface area (Å²) in [5, 5.41) is 20.4. The Hall–Kier alpha value is -2.87. The molecule has 3 aromatic rings. The first-order valence-corrected chi connectivity index (χ1v) is 8.88. The van der Waals surface area contributed by atoms with Gasteiger partial charge in [-0.3, -0.25) is 10.1 Å². The van der Waals surface area contributed by atoms with E-state index < -0.39 is 4.92 Å². The normalized spacial score (nSPS) is 10.7. The summed E-state index contributed by atoms with van der Waals surface area (Å²) in [7, 11) is 3.33. The minimum Gasteiger partial charge on any atom is -0.490 e. The summed E-state index contributed by atoms with van der Waals surface area (Å²) in [6.07, 6.45) is 0. The molecule has 134 valence electrons. The number of benzene rings is 2. The van der Waals surface area contributed by atoms with E-state index in [2.05, 4.69) is 16.3 Å². The smallest absolute Gasteiger partial charge is 0.311 e. The van der Waals surface area contributed by atoms with Gasteiger partial charge in [0.15, 0.2) is 16.7 Å². The molecule has 0 radical (unpaired) electrons. The Morgan fingerprint density at radius 2 is 2.04 bits per heavy atom. The SMILES string of the molecule is COc1ccc(CSc2nnc(-c3cccc(C)c3)n2C)cc1[N+](=O)[O-].